The number of imide groups is 1. The Morgan fingerprint density at radius 1 is 1.43 bits per heavy atom. The second kappa shape index (κ2) is 7.04. The number of rotatable bonds is 6. The summed E-state index contributed by atoms with van der Waals surface area (Å²) in [6, 6.07) is 7.35. The van der Waals surface area contributed by atoms with Crippen molar-refractivity contribution in [2.24, 2.45) is 0 Å². The van der Waals surface area contributed by atoms with Gasteiger partial charge in [-0.2, -0.15) is 0 Å². The Morgan fingerprint density at radius 2 is 2.19 bits per heavy atom. The SMILES string of the molecule is C=CCOc1ccccc1CNC1CCC(=O)N(C)C1=O. The molecule has 1 atom stereocenters. The van der Waals surface area contributed by atoms with Crippen LogP contribution in [0.3, 0.4) is 0 Å². The Hall–Kier alpha value is -2.14. The van der Waals surface area contributed by atoms with Gasteiger partial charge in [-0.25, -0.2) is 0 Å². The highest BCUT2D eigenvalue weighted by atomic mass is 16.5. The fourth-order valence-corrected chi connectivity index (χ4v) is 2.28. The average molecular weight is 288 g/mol. The van der Waals surface area contributed by atoms with Crippen LogP contribution in [0, 0.1) is 0 Å². The number of hydrogen-bond donors (Lipinski definition) is 1. The summed E-state index contributed by atoms with van der Waals surface area (Å²) in [5, 5.41) is 3.21. The molecule has 1 unspecified atom stereocenters. The topological polar surface area (TPSA) is 58.6 Å². The summed E-state index contributed by atoms with van der Waals surface area (Å²) >= 11 is 0. The third kappa shape index (κ3) is 3.70. The molecule has 2 rings (SSSR count). The Kier molecular flexibility index (Phi) is 5.11. The Balaban J connectivity index is 1.98. The van der Waals surface area contributed by atoms with Gasteiger partial charge < -0.3 is 10.1 Å². The number of amides is 2. The number of benzene rings is 1. The van der Waals surface area contributed by atoms with Gasteiger partial charge in [0, 0.05) is 25.6 Å². The maximum Gasteiger partial charge on any atom is 0.246 e. The fraction of sp³-hybridized carbons (Fsp3) is 0.375. The van der Waals surface area contributed by atoms with Crippen molar-refractivity contribution in [2.45, 2.75) is 25.4 Å². The van der Waals surface area contributed by atoms with E-state index in [9.17, 15) is 9.59 Å². The van der Waals surface area contributed by atoms with Crippen LogP contribution in [0.4, 0.5) is 0 Å². The van der Waals surface area contributed by atoms with Crippen molar-refractivity contribution in [1.29, 1.82) is 0 Å². The number of likely N-dealkylation sites (N-methyl/N-ethyl adjacent to an activating group) is 1. The molecule has 0 aromatic heterocycles. The van der Waals surface area contributed by atoms with Gasteiger partial charge in [-0.3, -0.25) is 14.5 Å². The second-order valence-corrected chi connectivity index (χ2v) is 4.97. The van der Waals surface area contributed by atoms with E-state index in [-0.39, 0.29) is 17.9 Å². The summed E-state index contributed by atoms with van der Waals surface area (Å²) in [5.74, 6) is 0.487. The van der Waals surface area contributed by atoms with Crippen molar-refractivity contribution in [1.82, 2.24) is 10.2 Å². The average Bonchev–Trinajstić information content (AvgIpc) is 2.51. The van der Waals surface area contributed by atoms with E-state index < -0.39 is 0 Å². The van der Waals surface area contributed by atoms with Crippen molar-refractivity contribution in [3.63, 3.8) is 0 Å². The largest absolute Gasteiger partial charge is 0.489 e. The van der Waals surface area contributed by atoms with Crippen molar-refractivity contribution in [3.8, 4) is 5.75 Å². The smallest absolute Gasteiger partial charge is 0.246 e. The Bertz CT molecular complexity index is 542. The predicted octanol–water partition coefficient (Wildman–Crippen LogP) is 1.49. The van der Waals surface area contributed by atoms with Gasteiger partial charge in [0.1, 0.15) is 12.4 Å². The predicted molar refractivity (Wildman–Crippen MR) is 79.8 cm³/mol. The minimum atomic E-state index is -0.319. The lowest BCUT2D eigenvalue weighted by atomic mass is 10.0. The molecule has 112 valence electrons. The molecule has 21 heavy (non-hydrogen) atoms. The lowest BCUT2D eigenvalue weighted by Crippen LogP contribution is -2.51. The molecular weight excluding hydrogens is 268 g/mol. The van der Waals surface area contributed by atoms with Crippen LogP contribution in [0.2, 0.25) is 0 Å². The van der Waals surface area contributed by atoms with Crippen LogP contribution < -0.4 is 10.1 Å². The Labute approximate surface area is 124 Å². The van der Waals surface area contributed by atoms with Gasteiger partial charge >= 0.3 is 0 Å². The summed E-state index contributed by atoms with van der Waals surface area (Å²) in [4.78, 5) is 24.7. The molecule has 5 heteroatoms. The minimum Gasteiger partial charge on any atom is -0.489 e. The van der Waals surface area contributed by atoms with Gasteiger partial charge in [-0.15, -0.1) is 0 Å². The molecule has 0 radical (unpaired) electrons. The number of carbonyl (C=O) groups excluding carboxylic acids is 2. The first-order valence-corrected chi connectivity index (χ1v) is 6.99. The molecule has 0 saturated carbocycles. The lowest BCUT2D eigenvalue weighted by molar-refractivity contribution is -0.148. The summed E-state index contributed by atoms with van der Waals surface area (Å²) < 4.78 is 5.58. The molecule has 1 N–H and O–H groups in total. The van der Waals surface area contributed by atoms with Crippen LogP contribution in [-0.2, 0) is 16.1 Å². The van der Waals surface area contributed by atoms with Crippen molar-refractivity contribution >= 4 is 11.8 Å². The first-order chi connectivity index (χ1) is 10.1. The van der Waals surface area contributed by atoms with Crippen LogP contribution in [0.25, 0.3) is 0 Å². The van der Waals surface area contributed by atoms with E-state index in [1.807, 2.05) is 24.3 Å². The van der Waals surface area contributed by atoms with Crippen LogP contribution in [0.5, 0.6) is 5.75 Å². The molecule has 1 heterocycles. The number of nitrogens with zero attached hydrogens (tertiary/aromatic N) is 1. The molecular formula is C16H20N2O3. The van der Waals surface area contributed by atoms with E-state index in [2.05, 4.69) is 11.9 Å². The Morgan fingerprint density at radius 3 is 2.95 bits per heavy atom. The highest BCUT2D eigenvalue weighted by Crippen LogP contribution is 2.19. The maximum atomic E-state index is 12.0. The summed E-state index contributed by atoms with van der Waals surface area (Å²) in [6.07, 6.45) is 2.63. The quantitative estimate of drug-likeness (QED) is 0.636. The number of hydrogen-bond acceptors (Lipinski definition) is 4. The molecule has 1 aliphatic heterocycles. The zero-order valence-corrected chi connectivity index (χ0v) is 12.2. The number of para-hydroxylation sites is 1. The fourth-order valence-electron chi connectivity index (χ4n) is 2.28. The zero-order valence-electron chi connectivity index (χ0n) is 12.2. The number of ether oxygens (including phenoxy) is 1. The molecule has 0 spiro atoms. The third-order valence-corrected chi connectivity index (χ3v) is 3.52. The lowest BCUT2D eigenvalue weighted by Gasteiger charge is -2.28. The van der Waals surface area contributed by atoms with Gasteiger partial charge in [0.05, 0.1) is 6.04 Å². The zero-order chi connectivity index (χ0) is 15.2. The molecule has 0 aliphatic carbocycles. The van der Waals surface area contributed by atoms with Crippen LogP contribution >= 0.6 is 0 Å². The van der Waals surface area contributed by atoms with Gasteiger partial charge in [0.2, 0.25) is 11.8 Å². The molecule has 5 nitrogen and oxygen atoms in total. The molecule has 1 aromatic carbocycles. The van der Waals surface area contributed by atoms with Crippen LogP contribution in [-0.4, -0.2) is 36.4 Å². The second-order valence-electron chi connectivity index (χ2n) is 4.97. The highest BCUT2D eigenvalue weighted by Gasteiger charge is 2.31. The van der Waals surface area contributed by atoms with Gasteiger partial charge in [-0.05, 0) is 12.5 Å². The maximum absolute atomic E-state index is 12.0. The van der Waals surface area contributed by atoms with Crippen molar-refractivity contribution in [2.75, 3.05) is 13.7 Å². The summed E-state index contributed by atoms with van der Waals surface area (Å²) in [6.45, 7) is 4.59. The van der Waals surface area contributed by atoms with E-state index >= 15 is 0 Å². The van der Waals surface area contributed by atoms with E-state index in [0.29, 0.717) is 26.0 Å². The van der Waals surface area contributed by atoms with Gasteiger partial charge in [-0.1, -0.05) is 30.9 Å². The minimum absolute atomic E-state index is 0.118. The van der Waals surface area contributed by atoms with Crippen molar-refractivity contribution < 1.29 is 14.3 Å². The van der Waals surface area contributed by atoms with Gasteiger partial charge in [0.25, 0.3) is 0 Å². The van der Waals surface area contributed by atoms with Crippen LogP contribution in [0.15, 0.2) is 36.9 Å². The number of carbonyl (C=O) groups is 2. The first kappa shape index (κ1) is 15.3. The van der Waals surface area contributed by atoms with E-state index in [1.54, 1.807) is 6.08 Å². The first-order valence-electron chi connectivity index (χ1n) is 6.99. The highest BCUT2D eigenvalue weighted by molar-refractivity contribution is 6.00. The molecule has 1 aromatic rings. The van der Waals surface area contributed by atoms with E-state index in [1.165, 1.54) is 11.9 Å². The molecule has 1 saturated heterocycles. The summed E-state index contributed by atoms with van der Waals surface area (Å²) in [5.41, 5.74) is 0.978. The van der Waals surface area contributed by atoms with Gasteiger partial charge in [0.15, 0.2) is 0 Å². The standard InChI is InChI=1S/C16H20N2O3/c1-3-10-21-14-7-5-4-6-12(14)11-17-13-8-9-15(19)18(2)16(13)20/h3-7,13,17H,1,8-11H2,2H3. The number of nitrogens with one attached hydrogen (secondary N) is 1. The summed E-state index contributed by atoms with van der Waals surface area (Å²) in [7, 11) is 1.53. The molecule has 1 fully saturated rings. The van der Waals surface area contributed by atoms with Crippen LogP contribution in [0.1, 0.15) is 18.4 Å². The van der Waals surface area contributed by atoms with Crippen molar-refractivity contribution in [3.05, 3.63) is 42.5 Å². The molecule has 0 bridgehead atoms. The number of likely N-dealkylation sites (tertiary alicyclic amines) is 1. The number of piperidine rings is 1. The normalized spacial score (nSPS) is 18.7. The van der Waals surface area contributed by atoms with E-state index in [0.717, 1.165) is 11.3 Å². The van der Waals surface area contributed by atoms with E-state index in [4.69, 9.17) is 4.74 Å². The molecule has 1 aliphatic rings. The molecule has 2 amide bonds. The monoisotopic (exact) mass is 288 g/mol. The third-order valence-electron chi connectivity index (χ3n) is 3.52.